The number of benzene rings is 2. The van der Waals surface area contributed by atoms with Crippen LogP contribution in [0.4, 0.5) is 0 Å². The summed E-state index contributed by atoms with van der Waals surface area (Å²) in [4.78, 5) is 18.8. The minimum absolute atomic E-state index is 0.131. The van der Waals surface area contributed by atoms with Gasteiger partial charge in [-0.15, -0.1) is 0 Å². The van der Waals surface area contributed by atoms with Crippen LogP contribution in [0.25, 0.3) is 0 Å². The minimum Gasteiger partial charge on any atom is -0.508 e. The van der Waals surface area contributed by atoms with Crippen molar-refractivity contribution in [2.75, 3.05) is 0 Å². The number of rotatable bonds is 6. The molecule has 6 nitrogen and oxygen atoms in total. The lowest BCUT2D eigenvalue weighted by atomic mass is 10.0. The van der Waals surface area contributed by atoms with Gasteiger partial charge in [0.15, 0.2) is 5.75 Å². The SMILES string of the molecule is CC(C)c1cc(Oc2c(Br)cc(OC(C)(C)P(=O)(O)O)cc2Br)ccc1O. The molecule has 148 valence electrons. The van der Waals surface area contributed by atoms with Gasteiger partial charge in [0.1, 0.15) is 17.2 Å². The summed E-state index contributed by atoms with van der Waals surface area (Å²) in [5, 5.41) is 8.27. The third kappa shape index (κ3) is 5.27. The van der Waals surface area contributed by atoms with Crippen molar-refractivity contribution in [2.45, 2.75) is 39.0 Å². The van der Waals surface area contributed by atoms with Gasteiger partial charge in [-0.25, -0.2) is 0 Å². The van der Waals surface area contributed by atoms with Crippen molar-refractivity contribution in [3.8, 4) is 23.0 Å². The maximum atomic E-state index is 11.6. The minimum atomic E-state index is -4.46. The molecule has 0 bridgehead atoms. The molecule has 9 heteroatoms. The van der Waals surface area contributed by atoms with Crippen LogP contribution in [-0.2, 0) is 4.57 Å². The third-order valence-electron chi connectivity index (χ3n) is 3.88. The number of ether oxygens (including phenoxy) is 2. The lowest BCUT2D eigenvalue weighted by molar-refractivity contribution is 0.151. The summed E-state index contributed by atoms with van der Waals surface area (Å²) in [7, 11) is -4.46. The van der Waals surface area contributed by atoms with E-state index in [2.05, 4.69) is 31.9 Å². The molecule has 2 aromatic rings. The van der Waals surface area contributed by atoms with Crippen LogP contribution < -0.4 is 9.47 Å². The molecule has 0 aliphatic rings. The average molecular weight is 524 g/mol. The van der Waals surface area contributed by atoms with Gasteiger partial charge in [0.2, 0.25) is 5.34 Å². The van der Waals surface area contributed by atoms with E-state index in [9.17, 15) is 19.5 Å². The van der Waals surface area contributed by atoms with Crippen molar-refractivity contribution in [3.05, 3.63) is 44.8 Å². The van der Waals surface area contributed by atoms with E-state index in [-0.39, 0.29) is 17.4 Å². The quantitative estimate of drug-likeness (QED) is 0.394. The first-order valence-corrected chi connectivity index (χ1v) is 11.3. The molecule has 0 atom stereocenters. The second-order valence-electron chi connectivity index (χ2n) is 6.79. The monoisotopic (exact) mass is 522 g/mol. The van der Waals surface area contributed by atoms with Crippen LogP contribution in [0, 0.1) is 0 Å². The van der Waals surface area contributed by atoms with Crippen molar-refractivity contribution >= 4 is 39.5 Å². The maximum Gasteiger partial charge on any atom is 0.368 e. The van der Waals surface area contributed by atoms with Crippen molar-refractivity contribution in [2.24, 2.45) is 0 Å². The van der Waals surface area contributed by atoms with Crippen molar-refractivity contribution in [1.82, 2.24) is 0 Å². The molecule has 27 heavy (non-hydrogen) atoms. The number of hydrogen-bond donors (Lipinski definition) is 3. The Labute approximate surface area is 174 Å². The molecule has 0 spiro atoms. The Morgan fingerprint density at radius 1 is 1.04 bits per heavy atom. The van der Waals surface area contributed by atoms with Crippen LogP contribution in [-0.4, -0.2) is 20.2 Å². The van der Waals surface area contributed by atoms with E-state index in [4.69, 9.17) is 9.47 Å². The first-order chi connectivity index (χ1) is 12.3. The zero-order chi connectivity index (χ0) is 20.6. The highest BCUT2D eigenvalue weighted by Crippen LogP contribution is 2.51. The zero-order valence-electron chi connectivity index (χ0n) is 15.2. The maximum absolute atomic E-state index is 11.6. The summed E-state index contributed by atoms with van der Waals surface area (Å²) in [5.41, 5.74) is 0.767. The van der Waals surface area contributed by atoms with E-state index in [1.807, 2.05) is 13.8 Å². The van der Waals surface area contributed by atoms with Crippen LogP contribution in [0.5, 0.6) is 23.0 Å². The fraction of sp³-hybridized carbons (Fsp3) is 0.333. The Hall–Kier alpha value is -1.05. The predicted molar refractivity (Wildman–Crippen MR) is 111 cm³/mol. The third-order valence-corrected chi connectivity index (χ3v) is 6.55. The number of hydrogen-bond acceptors (Lipinski definition) is 4. The molecule has 0 aromatic heterocycles. The number of halogens is 2. The van der Waals surface area contributed by atoms with Crippen LogP contribution in [0.3, 0.4) is 0 Å². The Bertz CT molecular complexity index is 868. The summed E-state index contributed by atoms with van der Waals surface area (Å²) < 4.78 is 24.0. The molecular formula is C18H21Br2O6P. The zero-order valence-corrected chi connectivity index (χ0v) is 19.3. The van der Waals surface area contributed by atoms with Gasteiger partial charge < -0.3 is 24.4 Å². The molecule has 0 saturated heterocycles. The normalized spacial score (nSPS) is 12.3. The van der Waals surface area contributed by atoms with Crippen LogP contribution in [0.1, 0.15) is 39.2 Å². The second kappa shape index (κ2) is 8.13. The molecule has 0 aliphatic carbocycles. The molecule has 0 aliphatic heterocycles. The molecule has 0 heterocycles. The first-order valence-electron chi connectivity index (χ1n) is 8.06. The standard InChI is InChI=1S/C18H21Br2O6P/c1-10(2)13-7-11(5-6-16(13)21)25-17-14(19)8-12(9-15(17)20)26-18(3,4)27(22,23)24/h5-10,21H,1-4H3,(H2,22,23,24). The predicted octanol–water partition coefficient (Wildman–Crippen LogP) is 6.13. The molecular weight excluding hydrogens is 503 g/mol. The van der Waals surface area contributed by atoms with E-state index in [0.29, 0.717) is 20.4 Å². The Kier molecular flexibility index (Phi) is 6.70. The van der Waals surface area contributed by atoms with Crippen LogP contribution in [0.15, 0.2) is 39.3 Å². The van der Waals surface area contributed by atoms with Gasteiger partial charge in [-0.05, 0) is 82.0 Å². The smallest absolute Gasteiger partial charge is 0.368 e. The van der Waals surface area contributed by atoms with E-state index in [1.54, 1.807) is 30.3 Å². The van der Waals surface area contributed by atoms with E-state index in [1.165, 1.54) is 13.8 Å². The Morgan fingerprint density at radius 3 is 2.07 bits per heavy atom. The summed E-state index contributed by atoms with van der Waals surface area (Å²) in [5.74, 6) is 1.62. The Balaban J connectivity index is 2.33. The van der Waals surface area contributed by atoms with Crippen molar-refractivity contribution in [1.29, 1.82) is 0 Å². The largest absolute Gasteiger partial charge is 0.508 e. The van der Waals surface area contributed by atoms with Gasteiger partial charge in [0.25, 0.3) is 0 Å². The number of aromatic hydroxyl groups is 1. The van der Waals surface area contributed by atoms with Crippen LogP contribution >= 0.6 is 39.5 Å². The molecule has 0 fully saturated rings. The van der Waals surface area contributed by atoms with Gasteiger partial charge in [-0.2, -0.15) is 0 Å². The summed E-state index contributed by atoms with van der Waals surface area (Å²) in [6.07, 6.45) is 0. The van der Waals surface area contributed by atoms with E-state index < -0.39 is 12.9 Å². The van der Waals surface area contributed by atoms with Gasteiger partial charge in [0, 0.05) is 5.56 Å². The molecule has 3 N–H and O–H groups in total. The molecule has 0 saturated carbocycles. The summed E-state index contributed by atoms with van der Waals surface area (Å²) in [6, 6.07) is 8.14. The fourth-order valence-electron chi connectivity index (χ4n) is 2.22. The lowest BCUT2D eigenvalue weighted by Crippen LogP contribution is -2.28. The highest BCUT2D eigenvalue weighted by atomic mass is 79.9. The number of phenols is 1. The van der Waals surface area contributed by atoms with E-state index in [0.717, 1.165) is 5.56 Å². The highest BCUT2D eigenvalue weighted by molar-refractivity contribution is 9.11. The van der Waals surface area contributed by atoms with Gasteiger partial charge in [0.05, 0.1) is 8.95 Å². The highest BCUT2D eigenvalue weighted by Gasteiger charge is 2.40. The second-order valence-corrected chi connectivity index (χ2v) is 10.7. The molecule has 0 radical (unpaired) electrons. The van der Waals surface area contributed by atoms with Crippen LogP contribution in [0.2, 0.25) is 0 Å². The Morgan fingerprint density at radius 2 is 1.59 bits per heavy atom. The molecule has 0 amide bonds. The number of phenolic OH excluding ortho intramolecular Hbond substituents is 1. The fourth-order valence-corrected chi connectivity index (χ4v) is 3.75. The molecule has 0 unspecified atom stereocenters. The van der Waals surface area contributed by atoms with Gasteiger partial charge in [-0.1, -0.05) is 13.8 Å². The topological polar surface area (TPSA) is 96.2 Å². The first kappa shape index (κ1) is 22.2. The van der Waals surface area contributed by atoms with E-state index >= 15 is 0 Å². The van der Waals surface area contributed by atoms with Crippen molar-refractivity contribution < 1.29 is 28.9 Å². The molecule has 2 rings (SSSR count). The molecule has 2 aromatic carbocycles. The summed E-state index contributed by atoms with van der Waals surface area (Å²) >= 11 is 6.79. The van der Waals surface area contributed by atoms with Crippen molar-refractivity contribution in [3.63, 3.8) is 0 Å². The summed E-state index contributed by atoms with van der Waals surface area (Å²) in [6.45, 7) is 6.59. The lowest BCUT2D eigenvalue weighted by Gasteiger charge is -2.27. The van der Waals surface area contributed by atoms with Gasteiger partial charge in [-0.3, -0.25) is 4.57 Å². The average Bonchev–Trinajstić information content (AvgIpc) is 2.50. The van der Waals surface area contributed by atoms with Gasteiger partial charge >= 0.3 is 7.60 Å².